The Morgan fingerprint density at radius 3 is 2.67 bits per heavy atom. The minimum atomic E-state index is -0.195. The van der Waals surface area contributed by atoms with Gasteiger partial charge in [-0.05, 0) is 53.4 Å². The van der Waals surface area contributed by atoms with Crippen molar-refractivity contribution in [3.8, 4) is 0 Å². The van der Waals surface area contributed by atoms with Gasteiger partial charge in [0, 0.05) is 11.0 Å². The maximum atomic E-state index is 12.1. The largest absolute Gasteiger partial charge is 0.356 e. The highest BCUT2D eigenvalue weighted by atomic mass is 79.9. The van der Waals surface area contributed by atoms with Gasteiger partial charge >= 0.3 is 0 Å². The number of benzene rings is 1. The summed E-state index contributed by atoms with van der Waals surface area (Å²) < 4.78 is 0.862. The zero-order chi connectivity index (χ0) is 15.4. The zero-order valence-corrected chi connectivity index (χ0v) is 14.0. The number of halogens is 1. The van der Waals surface area contributed by atoms with E-state index in [0.29, 0.717) is 13.0 Å². The Morgan fingerprint density at radius 1 is 1.29 bits per heavy atom. The highest BCUT2D eigenvalue weighted by Gasteiger charge is 2.47. The highest BCUT2D eigenvalue weighted by molar-refractivity contribution is 9.10. The van der Waals surface area contributed by atoms with Crippen LogP contribution in [0, 0.1) is 18.8 Å². The molecular formula is C16H21BrN2O2. The number of hydrogen-bond donors (Lipinski definition) is 2. The number of unbranched alkanes of at least 4 members (excludes halogenated alkanes) is 1. The Bertz CT molecular complexity index is 545. The van der Waals surface area contributed by atoms with Crippen LogP contribution >= 0.6 is 15.9 Å². The van der Waals surface area contributed by atoms with E-state index in [1.807, 2.05) is 25.1 Å². The summed E-state index contributed by atoms with van der Waals surface area (Å²) in [6.45, 7) is 4.77. The third kappa shape index (κ3) is 4.30. The quantitative estimate of drug-likeness (QED) is 0.772. The lowest BCUT2D eigenvalue weighted by Gasteiger charge is -2.08. The van der Waals surface area contributed by atoms with Crippen molar-refractivity contribution < 1.29 is 9.59 Å². The summed E-state index contributed by atoms with van der Waals surface area (Å²) in [5, 5.41) is 5.77. The van der Waals surface area contributed by atoms with E-state index < -0.39 is 0 Å². The fourth-order valence-corrected chi connectivity index (χ4v) is 2.83. The topological polar surface area (TPSA) is 58.2 Å². The average molecular weight is 353 g/mol. The van der Waals surface area contributed by atoms with E-state index in [1.165, 1.54) is 0 Å². The Morgan fingerprint density at radius 2 is 2.00 bits per heavy atom. The molecule has 114 valence electrons. The van der Waals surface area contributed by atoms with Gasteiger partial charge in [0.2, 0.25) is 11.8 Å². The molecule has 1 aromatic carbocycles. The van der Waals surface area contributed by atoms with E-state index in [9.17, 15) is 9.59 Å². The molecule has 0 radical (unpaired) electrons. The first-order chi connectivity index (χ1) is 10.0. The Kier molecular flexibility index (Phi) is 5.39. The molecule has 0 bridgehead atoms. The van der Waals surface area contributed by atoms with Crippen molar-refractivity contribution in [3.63, 3.8) is 0 Å². The van der Waals surface area contributed by atoms with E-state index in [1.54, 1.807) is 0 Å². The number of anilines is 1. The second kappa shape index (κ2) is 7.07. The molecule has 1 aromatic rings. The maximum Gasteiger partial charge on any atom is 0.228 e. The fraction of sp³-hybridized carbons (Fsp3) is 0.500. The van der Waals surface area contributed by atoms with Crippen LogP contribution in [0.5, 0.6) is 0 Å². The third-order valence-electron chi connectivity index (χ3n) is 3.68. The first-order valence-electron chi connectivity index (χ1n) is 7.37. The van der Waals surface area contributed by atoms with Gasteiger partial charge in [0.05, 0.1) is 17.5 Å². The second-order valence-corrected chi connectivity index (χ2v) is 6.42. The Labute approximate surface area is 133 Å². The molecular weight excluding hydrogens is 332 g/mol. The molecule has 1 fully saturated rings. The fourth-order valence-electron chi connectivity index (χ4n) is 2.24. The number of carbonyl (C=O) groups excluding carboxylic acids is 2. The van der Waals surface area contributed by atoms with E-state index in [-0.39, 0.29) is 23.7 Å². The Balaban J connectivity index is 1.84. The summed E-state index contributed by atoms with van der Waals surface area (Å²) >= 11 is 3.44. The number of amides is 2. The van der Waals surface area contributed by atoms with E-state index in [0.717, 1.165) is 28.6 Å². The predicted octanol–water partition coefficient (Wildman–Crippen LogP) is 3.25. The standard InChI is InChI=1S/C16H21BrN2O2/c1-3-4-7-18-15(20)11-9-12(11)16(21)19-14-6-5-10(2)8-13(14)17/h5-6,8,11-12H,3-4,7,9H2,1-2H3,(H,18,20)(H,19,21). The summed E-state index contributed by atoms with van der Waals surface area (Å²) in [4.78, 5) is 24.0. The molecule has 0 heterocycles. The molecule has 1 aliphatic carbocycles. The van der Waals surface area contributed by atoms with Gasteiger partial charge in [-0.2, -0.15) is 0 Å². The molecule has 0 aliphatic heterocycles. The van der Waals surface area contributed by atoms with Gasteiger partial charge < -0.3 is 10.6 Å². The average Bonchev–Trinajstić information content (AvgIpc) is 3.22. The molecule has 2 rings (SSSR count). The monoisotopic (exact) mass is 352 g/mol. The molecule has 2 amide bonds. The lowest BCUT2D eigenvalue weighted by atomic mass is 10.2. The summed E-state index contributed by atoms with van der Waals surface area (Å²) in [7, 11) is 0. The lowest BCUT2D eigenvalue weighted by Crippen LogP contribution is -2.28. The molecule has 2 unspecified atom stereocenters. The number of carbonyl (C=O) groups is 2. The van der Waals surface area contributed by atoms with Crippen LogP contribution in [0.15, 0.2) is 22.7 Å². The number of hydrogen-bond acceptors (Lipinski definition) is 2. The van der Waals surface area contributed by atoms with Gasteiger partial charge in [0.1, 0.15) is 0 Å². The van der Waals surface area contributed by atoms with Crippen LogP contribution in [0.25, 0.3) is 0 Å². The number of nitrogens with one attached hydrogen (secondary N) is 2. The molecule has 5 heteroatoms. The minimum Gasteiger partial charge on any atom is -0.356 e. The van der Waals surface area contributed by atoms with Crippen LogP contribution in [0.3, 0.4) is 0 Å². The van der Waals surface area contributed by atoms with E-state index in [2.05, 4.69) is 33.5 Å². The second-order valence-electron chi connectivity index (χ2n) is 5.57. The van der Waals surface area contributed by atoms with Crippen LogP contribution in [-0.4, -0.2) is 18.4 Å². The molecule has 2 N–H and O–H groups in total. The Hall–Kier alpha value is -1.36. The predicted molar refractivity (Wildman–Crippen MR) is 87.0 cm³/mol. The highest BCUT2D eigenvalue weighted by Crippen LogP contribution is 2.40. The van der Waals surface area contributed by atoms with Gasteiger partial charge in [-0.1, -0.05) is 19.4 Å². The zero-order valence-electron chi connectivity index (χ0n) is 12.4. The van der Waals surface area contributed by atoms with Gasteiger partial charge in [-0.15, -0.1) is 0 Å². The molecule has 1 saturated carbocycles. The van der Waals surface area contributed by atoms with Crippen molar-refractivity contribution in [3.05, 3.63) is 28.2 Å². The molecule has 2 atom stereocenters. The lowest BCUT2D eigenvalue weighted by molar-refractivity contribution is -0.125. The third-order valence-corrected chi connectivity index (χ3v) is 4.33. The van der Waals surface area contributed by atoms with Gasteiger partial charge in [0.15, 0.2) is 0 Å². The first kappa shape index (κ1) is 16.0. The molecule has 0 aromatic heterocycles. The van der Waals surface area contributed by atoms with Crippen LogP contribution in [0.4, 0.5) is 5.69 Å². The molecule has 1 aliphatic rings. The summed E-state index contributed by atoms with van der Waals surface area (Å²) in [5.41, 5.74) is 1.88. The van der Waals surface area contributed by atoms with Crippen molar-refractivity contribution in [2.24, 2.45) is 11.8 Å². The summed E-state index contributed by atoms with van der Waals surface area (Å²) in [5.74, 6) is -0.423. The number of aryl methyl sites for hydroxylation is 1. The van der Waals surface area contributed by atoms with Crippen molar-refractivity contribution in [1.82, 2.24) is 5.32 Å². The molecule has 0 saturated heterocycles. The first-order valence-corrected chi connectivity index (χ1v) is 8.17. The van der Waals surface area contributed by atoms with Crippen molar-refractivity contribution in [1.29, 1.82) is 0 Å². The van der Waals surface area contributed by atoms with Crippen LogP contribution in [0.2, 0.25) is 0 Å². The van der Waals surface area contributed by atoms with E-state index >= 15 is 0 Å². The SMILES string of the molecule is CCCCNC(=O)C1CC1C(=O)Nc1ccc(C)cc1Br. The molecule has 4 nitrogen and oxygen atoms in total. The summed E-state index contributed by atoms with van der Waals surface area (Å²) in [6, 6.07) is 5.77. The van der Waals surface area contributed by atoms with Crippen molar-refractivity contribution in [2.75, 3.05) is 11.9 Å². The van der Waals surface area contributed by atoms with Gasteiger partial charge in [0.25, 0.3) is 0 Å². The van der Waals surface area contributed by atoms with Gasteiger partial charge in [-0.25, -0.2) is 0 Å². The molecule has 21 heavy (non-hydrogen) atoms. The van der Waals surface area contributed by atoms with Crippen LogP contribution in [0.1, 0.15) is 31.7 Å². The number of rotatable bonds is 6. The van der Waals surface area contributed by atoms with Crippen LogP contribution in [-0.2, 0) is 9.59 Å². The van der Waals surface area contributed by atoms with Gasteiger partial charge in [-0.3, -0.25) is 9.59 Å². The normalized spacial score (nSPS) is 20.0. The summed E-state index contributed by atoms with van der Waals surface area (Å²) in [6.07, 6.45) is 2.68. The van der Waals surface area contributed by atoms with E-state index in [4.69, 9.17) is 0 Å². The van der Waals surface area contributed by atoms with Crippen molar-refractivity contribution in [2.45, 2.75) is 33.1 Å². The smallest absolute Gasteiger partial charge is 0.228 e. The molecule has 0 spiro atoms. The maximum absolute atomic E-state index is 12.1. The van der Waals surface area contributed by atoms with Crippen molar-refractivity contribution >= 4 is 33.4 Å². The van der Waals surface area contributed by atoms with Crippen LogP contribution < -0.4 is 10.6 Å². The minimum absolute atomic E-state index is 0.00609.